The van der Waals surface area contributed by atoms with Crippen molar-refractivity contribution in [2.75, 3.05) is 13.2 Å². The topological polar surface area (TPSA) is 18.5 Å². The molecule has 1 atom stereocenters. The molecule has 1 aromatic rings. The molecule has 0 spiro atoms. The molecule has 0 aromatic heterocycles. The van der Waals surface area contributed by atoms with Crippen LogP contribution in [-0.4, -0.2) is 19.3 Å². The summed E-state index contributed by atoms with van der Waals surface area (Å²) >= 11 is 3.40. The summed E-state index contributed by atoms with van der Waals surface area (Å²) in [5.74, 6) is 0. The molecule has 1 rings (SSSR count). The zero-order chi connectivity index (χ0) is 11.1. The molecule has 0 aliphatic rings. The standard InChI is InChI=1S/C12H17BrO2/c1-3-15-10(2)8-14-9-11-4-6-12(13)7-5-11/h4-7,10H,3,8-9H2,1-2H3/t10-/m1/s1. The molecule has 0 aliphatic carbocycles. The molecular weight excluding hydrogens is 256 g/mol. The number of hydrogen-bond donors (Lipinski definition) is 0. The minimum atomic E-state index is 0.172. The Morgan fingerprint density at radius 3 is 2.53 bits per heavy atom. The van der Waals surface area contributed by atoms with Gasteiger partial charge in [-0.1, -0.05) is 28.1 Å². The van der Waals surface area contributed by atoms with E-state index in [1.54, 1.807) is 0 Å². The summed E-state index contributed by atoms with van der Waals surface area (Å²) < 4.78 is 12.0. The van der Waals surface area contributed by atoms with Crippen molar-refractivity contribution in [3.63, 3.8) is 0 Å². The second-order valence-electron chi connectivity index (χ2n) is 3.41. The van der Waals surface area contributed by atoms with Crippen LogP contribution >= 0.6 is 15.9 Å². The second kappa shape index (κ2) is 6.99. The van der Waals surface area contributed by atoms with Crippen molar-refractivity contribution in [3.05, 3.63) is 34.3 Å². The highest BCUT2D eigenvalue weighted by atomic mass is 79.9. The van der Waals surface area contributed by atoms with Gasteiger partial charge in [-0.2, -0.15) is 0 Å². The highest BCUT2D eigenvalue weighted by molar-refractivity contribution is 9.10. The van der Waals surface area contributed by atoms with Crippen LogP contribution in [0.1, 0.15) is 19.4 Å². The number of halogens is 1. The SMILES string of the molecule is CCO[C@H](C)COCc1ccc(Br)cc1. The van der Waals surface area contributed by atoms with E-state index in [2.05, 4.69) is 28.1 Å². The lowest BCUT2D eigenvalue weighted by molar-refractivity contribution is -0.00713. The Hall–Kier alpha value is -0.380. The molecule has 3 heteroatoms. The fourth-order valence-corrected chi connectivity index (χ4v) is 1.52. The predicted octanol–water partition coefficient (Wildman–Crippen LogP) is 3.39. The van der Waals surface area contributed by atoms with Gasteiger partial charge in [0.1, 0.15) is 0 Å². The van der Waals surface area contributed by atoms with Crippen LogP contribution in [0.2, 0.25) is 0 Å². The minimum absolute atomic E-state index is 0.172. The van der Waals surface area contributed by atoms with Crippen molar-refractivity contribution >= 4 is 15.9 Å². The highest BCUT2D eigenvalue weighted by Crippen LogP contribution is 2.11. The van der Waals surface area contributed by atoms with E-state index in [1.165, 1.54) is 5.56 Å². The molecule has 0 amide bonds. The fraction of sp³-hybridized carbons (Fsp3) is 0.500. The van der Waals surface area contributed by atoms with E-state index >= 15 is 0 Å². The number of rotatable bonds is 6. The Balaban J connectivity index is 2.22. The van der Waals surface area contributed by atoms with Gasteiger partial charge in [0.15, 0.2) is 0 Å². The first-order valence-electron chi connectivity index (χ1n) is 5.16. The van der Waals surface area contributed by atoms with Crippen LogP contribution in [0.3, 0.4) is 0 Å². The first kappa shape index (κ1) is 12.7. The summed E-state index contributed by atoms with van der Waals surface area (Å²) in [7, 11) is 0. The third kappa shape index (κ3) is 5.30. The lowest BCUT2D eigenvalue weighted by Gasteiger charge is -2.11. The first-order valence-corrected chi connectivity index (χ1v) is 5.95. The normalized spacial score (nSPS) is 12.7. The van der Waals surface area contributed by atoms with E-state index in [0.717, 1.165) is 11.1 Å². The molecular formula is C12H17BrO2. The quantitative estimate of drug-likeness (QED) is 0.791. The van der Waals surface area contributed by atoms with Crippen LogP contribution in [0, 0.1) is 0 Å². The molecule has 84 valence electrons. The van der Waals surface area contributed by atoms with Crippen molar-refractivity contribution in [1.82, 2.24) is 0 Å². The van der Waals surface area contributed by atoms with Gasteiger partial charge in [0.25, 0.3) is 0 Å². The van der Waals surface area contributed by atoms with E-state index in [4.69, 9.17) is 9.47 Å². The molecule has 0 saturated carbocycles. The van der Waals surface area contributed by atoms with E-state index in [-0.39, 0.29) is 6.10 Å². The Kier molecular flexibility index (Phi) is 5.91. The number of hydrogen-bond acceptors (Lipinski definition) is 2. The third-order valence-corrected chi connectivity index (χ3v) is 2.51. The zero-order valence-electron chi connectivity index (χ0n) is 9.20. The Labute approximate surface area is 99.7 Å². The summed E-state index contributed by atoms with van der Waals surface area (Å²) in [6.45, 7) is 6.04. The van der Waals surface area contributed by atoms with Crippen LogP contribution in [-0.2, 0) is 16.1 Å². The molecule has 15 heavy (non-hydrogen) atoms. The van der Waals surface area contributed by atoms with Gasteiger partial charge in [-0.15, -0.1) is 0 Å². The summed E-state index contributed by atoms with van der Waals surface area (Å²) in [5.41, 5.74) is 1.18. The molecule has 2 nitrogen and oxygen atoms in total. The van der Waals surface area contributed by atoms with Crippen molar-refractivity contribution in [2.24, 2.45) is 0 Å². The van der Waals surface area contributed by atoms with Crippen LogP contribution < -0.4 is 0 Å². The van der Waals surface area contributed by atoms with Gasteiger partial charge in [-0.3, -0.25) is 0 Å². The Morgan fingerprint density at radius 2 is 1.93 bits per heavy atom. The van der Waals surface area contributed by atoms with Crippen LogP contribution in [0.5, 0.6) is 0 Å². The van der Waals surface area contributed by atoms with Crippen LogP contribution in [0.4, 0.5) is 0 Å². The molecule has 0 bridgehead atoms. The summed E-state index contributed by atoms with van der Waals surface area (Å²) in [5, 5.41) is 0. The number of benzene rings is 1. The van der Waals surface area contributed by atoms with E-state index in [9.17, 15) is 0 Å². The monoisotopic (exact) mass is 272 g/mol. The molecule has 0 heterocycles. The van der Waals surface area contributed by atoms with E-state index < -0.39 is 0 Å². The average Bonchev–Trinajstić information content (AvgIpc) is 2.21. The van der Waals surface area contributed by atoms with Gasteiger partial charge in [0.2, 0.25) is 0 Å². The molecule has 0 unspecified atom stereocenters. The molecule has 1 aromatic carbocycles. The summed E-state index contributed by atoms with van der Waals surface area (Å²) in [6, 6.07) is 8.14. The molecule has 0 radical (unpaired) electrons. The lowest BCUT2D eigenvalue weighted by Crippen LogP contribution is -2.15. The summed E-state index contributed by atoms with van der Waals surface area (Å²) in [4.78, 5) is 0. The maximum Gasteiger partial charge on any atom is 0.0780 e. The maximum absolute atomic E-state index is 5.53. The molecule has 0 N–H and O–H groups in total. The van der Waals surface area contributed by atoms with Crippen molar-refractivity contribution in [3.8, 4) is 0 Å². The van der Waals surface area contributed by atoms with Crippen LogP contribution in [0.25, 0.3) is 0 Å². The second-order valence-corrected chi connectivity index (χ2v) is 4.32. The van der Waals surface area contributed by atoms with Crippen LogP contribution in [0.15, 0.2) is 28.7 Å². The van der Waals surface area contributed by atoms with Crippen molar-refractivity contribution < 1.29 is 9.47 Å². The largest absolute Gasteiger partial charge is 0.376 e. The molecule has 0 saturated heterocycles. The molecule has 0 aliphatic heterocycles. The maximum atomic E-state index is 5.53. The predicted molar refractivity (Wildman–Crippen MR) is 64.9 cm³/mol. The average molecular weight is 273 g/mol. The van der Waals surface area contributed by atoms with Gasteiger partial charge < -0.3 is 9.47 Å². The van der Waals surface area contributed by atoms with Gasteiger partial charge in [0, 0.05) is 11.1 Å². The highest BCUT2D eigenvalue weighted by Gasteiger charge is 2.00. The van der Waals surface area contributed by atoms with Gasteiger partial charge in [0.05, 0.1) is 19.3 Å². The number of ether oxygens (including phenoxy) is 2. The van der Waals surface area contributed by atoms with Gasteiger partial charge >= 0.3 is 0 Å². The van der Waals surface area contributed by atoms with E-state index in [0.29, 0.717) is 13.2 Å². The van der Waals surface area contributed by atoms with Gasteiger partial charge in [-0.25, -0.2) is 0 Å². The fourth-order valence-electron chi connectivity index (χ4n) is 1.26. The smallest absolute Gasteiger partial charge is 0.0780 e. The third-order valence-electron chi connectivity index (χ3n) is 1.99. The first-order chi connectivity index (χ1) is 7.22. The van der Waals surface area contributed by atoms with Crippen molar-refractivity contribution in [2.45, 2.75) is 26.6 Å². The van der Waals surface area contributed by atoms with Crippen molar-refractivity contribution in [1.29, 1.82) is 0 Å². The Morgan fingerprint density at radius 1 is 1.27 bits per heavy atom. The lowest BCUT2D eigenvalue weighted by atomic mass is 10.2. The minimum Gasteiger partial charge on any atom is -0.376 e. The van der Waals surface area contributed by atoms with E-state index in [1.807, 2.05) is 26.0 Å². The summed E-state index contributed by atoms with van der Waals surface area (Å²) in [6.07, 6.45) is 0.172. The van der Waals surface area contributed by atoms with Gasteiger partial charge in [-0.05, 0) is 31.5 Å². The zero-order valence-corrected chi connectivity index (χ0v) is 10.8. The Bertz CT molecular complexity index is 271. The molecule has 0 fully saturated rings.